The number of benzene rings is 1. The third-order valence-electron chi connectivity index (χ3n) is 4.08. The molecule has 2 rings (SSSR count). The van der Waals surface area contributed by atoms with Crippen LogP contribution in [0.2, 0.25) is 0 Å². The standard InChI is InChI=1S/C23H23N3/c1-6-8-12-19(7-2)22-15-18(5)23(25-21(16-24)17(3)4)26(22)20-13-10-9-11-14-20/h1,7,9-11,13-15H,5,8,12H2,2-4H3/b19-7+,25-23+. The molecule has 1 heterocycles. The van der Waals surface area contributed by atoms with Crippen molar-refractivity contribution in [3.8, 4) is 18.4 Å². The average Bonchev–Trinajstić information content (AvgIpc) is 2.96. The predicted octanol–water partition coefficient (Wildman–Crippen LogP) is 5.52. The molecule has 0 bridgehead atoms. The molecule has 130 valence electrons. The van der Waals surface area contributed by atoms with Crippen LogP contribution >= 0.6 is 0 Å². The van der Waals surface area contributed by atoms with Gasteiger partial charge in [-0.1, -0.05) is 30.9 Å². The first-order chi connectivity index (χ1) is 12.5. The zero-order valence-electron chi connectivity index (χ0n) is 15.6. The highest BCUT2D eigenvalue weighted by atomic mass is 15.2. The van der Waals surface area contributed by atoms with Crippen molar-refractivity contribution in [2.75, 3.05) is 4.90 Å². The van der Waals surface area contributed by atoms with Crippen LogP contribution < -0.4 is 4.90 Å². The summed E-state index contributed by atoms with van der Waals surface area (Å²) in [4.78, 5) is 6.67. The first-order valence-electron chi connectivity index (χ1n) is 8.55. The van der Waals surface area contributed by atoms with Gasteiger partial charge in [-0.3, -0.25) is 4.90 Å². The highest BCUT2D eigenvalue weighted by Crippen LogP contribution is 2.34. The van der Waals surface area contributed by atoms with Gasteiger partial charge in [0, 0.05) is 17.7 Å². The number of nitrogens with zero attached hydrogens (tertiary/aromatic N) is 3. The molecule has 3 nitrogen and oxygen atoms in total. The lowest BCUT2D eigenvalue weighted by molar-refractivity contribution is 0.992. The minimum absolute atomic E-state index is 0.405. The lowest BCUT2D eigenvalue weighted by atomic mass is 10.1. The van der Waals surface area contributed by atoms with Gasteiger partial charge in [0.1, 0.15) is 17.6 Å². The Balaban J connectivity index is 2.61. The molecule has 0 N–H and O–H groups in total. The van der Waals surface area contributed by atoms with Crippen LogP contribution in [0.15, 0.2) is 82.2 Å². The number of nitriles is 1. The second kappa shape index (κ2) is 8.70. The molecule has 3 heteroatoms. The third-order valence-corrected chi connectivity index (χ3v) is 4.08. The van der Waals surface area contributed by atoms with Gasteiger partial charge >= 0.3 is 0 Å². The van der Waals surface area contributed by atoms with Gasteiger partial charge in [0.15, 0.2) is 0 Å². The van der Waals surface area contributed by atoms with E-state index in [-0.39, 0.29) is 0 Å². The van der Waals surface area contributed by atoms with Crippen molar-refractivity contribution in [1.29, 1.82) is 5.26 Å². The molecular weight excluding hydrogens is 318 g/mol. The molecule has 1 aromatic rings. The van der Waals surface area contributed by atoms with Gasteiger partial charge in [0.2, 0.25) is 0 Å². The minimum Gasteiger partial charge on any atom is -0.294 e. The molecule has 1 aromatic carbocycles. The van der Waals surface area contributed by atoms with Gasteiger partial charge in [-0.25, -0.2) is 4.99 Å². The molecule has 0 radical (unpaired) electrons. The van der Waals surface area contributed by atoms with Crippen molar-refractivity contribution in [2.24, 2.45) is 4.99 Å². The molecule has 26 heavy (non-hydrogen) atoms. The van der Waals surface area contributed by atoms with Crippen LogP contribution in [0.3, 0.4) is 0 Å². The fourth-order valence-electron chi connectivity index (χ4n) is 2.73. The molecule has 1 aliphatic heterocycles. The van der Waals surface area contributed by atoms with Crippen LogP contribution in [0.5, 0.6) is 0 Å². The lowest BCUT2D eigenvalue weighted by Crippen LogP contribution is -2.27. The quantitative estimate of drug-likeness (QED) is 0.522. The van der Waals surface area contributed by atoms with Crippen LogP contribution in [0.25, 0.3) is 0 Å². The Labute approximate surface area is 156 Å². The summed E-state index contributed by atoms with van der Waals surface area (Å²) < 4.78 is 0. The highest BCUT2D eigenvalue weighted by Gasteiger charge is 2.28. The minimum atomic E-state index is 0.405. The molecule has 0 aliphatic carbocycles. The molecule has 0 saturated carbocycles. The van der Waals surface area contributed by atoms with E-state index in [1.54, 1.807) is 0 Å². The molecule has 0 amide bonds. The number of hydrogen-bond donors (Lipinski definition) is 0. The van der Waals surface area contributed by atoms with Crippen molar-refractivity contribution in [1.82, 2.24) is 0 Å². The maximum atomic E-state index is 9.42. The largest absolute Gasteiger partial charge is 0.294 e. The van der Waals surface area contributed by atoms with Crippen molar-refractivity contribution in [2.45, 2.75) is 33.6 Å². The number of hydrogen-bond acceptors (Lipinski definition) is 2. The van der Waals surface area contributed by atoms with E-state index in [0.29, 0.717) is 18.0 Å². The Bertz CT molecular complexity index is 893. The summed E-state index contributed by atoms with van der Waals surface area (Å²) in [6.45, 7) is 9.92. The maximum absolute atomic E-state index is 9.42. The van der Waals surface area contributed by atoms with Crippen molar-refractivity contribution < 1.29 is 0 Å². The second-order valence-electron chi connectivity index (χ2n) is 6.14. The molecule has 1 aliphatic rings. The normalized spacial score (nSPS) is 15.5. The Kier molecular flexibility index (Phi) is 6.36. The fourth-order valence-corrected chi connectivity index (χ4v) is 2.73. The lowest BCUT2D eigenvalue weighted by Gasteiger charge is -2.25. The van der Waals surface area contributed by atoms with Crippen LogP contribution in [-0.4, -0.2) is 5.84 Å². The van der Waals surface area contributed by atoms with E-state index < -0.39 is 0 Å². The first-order valence-corrected chi connectivity index (χ1v) is 8.55. The summed E-state index contributed by atoms with van der Waals surface area (Å²) in [6, 6.07) is 12.1. The number of rotatable bonds is 5. The summed E-state index contributed by atoms with van der Waals surface area (Å²) in [6.07, 6.45) is 11.0. The zero-order valence-corrected chi connectivity index (χ0v) is 15.6. The van der Waals surface area contributed by atoms with Crippen molar-refractivity contribution in [3.05, 3.63) is 77.2 Å². The predicted molar refractivity (Wildman–Crippen MR) is 109 cm³/mol. The number of aliphatic imine (C=N–C) groups is 1. The number of amidine groups is 1. The number of anilines is 1. The van der Waals surface area contributed by atoms with Gasteiger partial charge in [-0.15, -0.1) is 12.3 Å². The van der Waals surface area contributed by atoms with Gasteiger partial charge < -0.3 is 0 Å². The summed E-state index contributed by atoms with van der Waals surface area (Å²) in [5.74, 6) is 3.37. The molecule has 0 saturated heterocycles. The van der Waals surface area contributed by atoms with E-state index in [4.69, 9.17) is 6.42 Å². The van der Waals surface area contributed by atoms with Gasteiger partial charge in [-0.2, -0.15) is 5.26 Å². The Hall–Kier alpha value is -3.30. The maximum Gasteiger partial charge on any atom is 0.145 e. The van der Waals surface area contributed by atoms with Gasteiger partial charge in [-0.05, 0) is 56.5 Å². The molecule has 0 atom stereocenters. The number of allylic oxidation sites excluding steroid dienone is 4. The van der Waals surface area contributed by atoms with E-state index in [1.165, 1.54) is 0 Å². The van der Waals surface area contributed by atoms with Crippen molar-refractivity contribution >= 4 is 11.5 Å². The summed E-state index contributed by atoms with van der Waals surface area (Å²) in [5.41, 5.74) is 5.16. The summed E-state index contributed by atoms with van der Waals surface area (Å²) in [7, 11) is 0. The molecule has 0 fully saturated rings. The number of para-hydroxylation sites is 1. The van der Waals surface area contributed by atoms with Crippen LogP contribution in [0.1, 0.15) is 33.6 Å². The van der Waals surface area contributed by atoms with E-state index in [2.05, 4.69) is 34.5 Å². The summed E-state index contributed by atoms with van der Waals surface area (Å²) in [5, 5.41) is 9.42. The van der Waals surface area contributed by atoms with Crippen molar-refractivity contribution in [3.63, 3.8) is 0 Å². The SMILES string of the molecule is C#CCC/C(=C\C)C1=CC(=C)/C(=N\C(C#N)=C(C)C)N1c1ccccc1. The molecule has 0 aromatic heterocycles. The molecule has 0 unspecified atom stereocenters. The van der Waals surface area contributed by atoms with E-state index in [1.807, 2.05) is 57.2 Å². The zero-order chi connectivity index (χ0) is 19.1. The topological polar surface area (TPSA) is 39.4 Å². The average molecular weight is 341 g/mol. The first kappa shape index (κ1) is 19.0. The van der Waals surface area contributed by atoms with E-state index in [9.17, 15) is 5.26 Å². The fraction of sp³-hybridized carbons (Fsp3) is 0.217. The molecule has 0 spiro atoms. The Morgan fingerprint density at radius 3 is 2.54 bits per heavy atom. The van der Waals surface area contributed by atoms with E-state index in [0.717, 1.165) is 34.5 Å². The number of terminal acetylenes is 1. The van der Waals surface area contributed by atoms with Crippen LogP contribution in [0, 0.1) is 23.7 Å². The smallest absolute Gasteiger partial charge is 0.145 e. The Morgan fingerprint density at radius 2 is 2.00 bits per heavy atom. The monoisotopic (exact) mass is 341 g/mol. The van der Waals surface area contributed by atoms with Gasteiger partial charge in [0.25, 0.3) is 0 Å². The Morgan fingerprint density at radius 1 is 1.31 bits per heavy atom. The van der Waals surface area contributed by atoms with Crippen LogP contribution in [-0.2, 0) is 0 Å². The third kappa shape index (κ3) is 4.02. The van der Waals surface area contributed by atoms with Gasteiger partial charge in [0.05, 0.1) is 5.70 Å². The van der Waals surface area contributed by atoms with E-state index >= 15 is 0 Å². The summed E-state index contributed by atoms with van der Waals surface area (Å²) >= 11 is 0. The second-order valence-corrected chi connectivity index (χ2v) is 6.14. The molecular formula is C23H23N3. The highest BCUT2D eigenvalue weighted by molar-refractivity contribution is 6.17. The van der Waals surface area contributed by atoms with Crippen LogP contribution in [0.4, 0.5) is 5.69 Å².